The molecule has 0 amide bonds. The summed E-state index contributed by atoms with van der Waals surface area (Å²) in [5.74, 6) is 1.79. The van der Waals surface area contributed by atoms with Crippen molar-refractivity contribution in [2.24, 2.45) is 4.99 Å². The highest BCUT2D eigenvalue weighted by Gasteiger charge is 2.17. The lowest BCUT2D eigenvalue weighted by Crippen LogP contribution is -2.38. The Bertz CT molecular complexity index is 551. The molecule has 0 spiro atoms. The molecule has 1 aliphatic rings. The van der Waals surface area contributed by atoms with Crippen LogP contribution < -0.4 is 15.4 Å². The Kier molecular flexibility index (Phi) is 14.1. The van der Waals surface area contributed by atoms with Crippen molar-refractivity contribution >= 4 is 29.9 Å². The van der Waals surface area contributed by atoms with Gasteiger partial charge < -0.3 is 24.8 Å². The summed E-state index contributed by atoms with van der Waals surface area (Å²) in [5, 5.41) is 6.66. The van der Waals surface area contributed by atoms with Crippen molar-refractivity contribution in [3.05, 3.63) is 29.8 Å². The molecular formula is C21H36IN3O3. The van der Waals surface area contributed by atoms with Crippen molar-refractivity contribution in [1.82, 2.24) is 10.6 Å². The minimum atomic E-state index is 0. The molecule has 28 heavy (non-hydrogen) atoms. The average Bonchev–Trinajstić information content (AvgIpc) is 3.19. The molecule has 1 aliphatic carbocycles. The van der Waals surface area contributed by atoms with E-state index in [-0.39, 0.29) is 24.0 Å². The Labute approximate surface area is 186 Å². The predicted octanol–water partition coefficient (Wildman–Crippen LogP) is 3.73. The molecule has 0 aromatic heterocycles. The Morgan fingerprint density at radius 1 is 1.11 bits per heavy atom. The van der Waals surface area contributed by atoms with Crippen LogP contribution >= 0.6 is 24.0 Å². The fraction of sp³-hybridized carbons (Fsp3) is 0.667. The second kappa shape index (κ2) is 15.8. The zero-order valence-corrected chi connectivity index (χ0v) is 19.6. The first kappa shape index (κ1) is 25.0. The van der Waals surface area contributed by atoms with Crippen LogP contribution in [0, 0.1) is 0 Å². The number of methoxy groups -OCH3 is 1. The Balaban J connectivity index is 0.00000392. The van der Waals surface area contributed by atoms with E-state index >= 15 is 0 Å². The summed E-state index contributed by atoms with van der Waals surface area (Å²) in [7, 11) is 1.68. The SMILES string of the molecule is CCNC(=NCc1ccccc1OC1CCCC1)NCCCOCCOC.I. The molecular weight excluding hydrogens is 469 g/mol. The fourth-order valence-electron chi connectivity index (χ4n) is 3.07. The number of guanidine groups is 1. The lowest BCUT2D eigenvalue weighted by molar-refractivity contribution is 0.0698. The Morgan fingerprint density at radius 2 is 1.89 bits per heavy atom. The molecule has 0 heterocycles. The molecule has 0 saturated heterocycles. The minimum Gasteiger partial charge on any atom is -0.490 e. The third kappa shape index (κ3) is 9.93. The van der Waals surface area contributed by atoms with E-state index in [4.69, 9.17) is 19.2 Å². The van der Waals surface area contributed by atoms with Crippen molar-refractivity contribution in [3.63, 3.8) is 0 Å². The van der Waals surface area contributed by atoms with Crippen LogP contribution in [0.15, 0.2) is 29.3 Å². The van der Waals surface area contributed by atoms with Crippen molar-refractivity contribution in [2.45, 2.75) is 51.7 Å². The summed E-state index contributed by atoms with van der Waals surface area (Å²) < 4.78 is 16.7. The van der Waals surface area contributed by atoms with Gasteiger partial charge in [-0.2, -0.15) is 0 Å². The second-order valence-electron chi connectivity index (χ2n) is 6.71. The van der Waals surface area contributed by atoms with E-state index in [0.29, 0.717) is 32.5 Å². The Morgan fingerprint density at radius 3 is 2.64 bits per heavy atom. The van der Waals surface area contributed by atoms with Gasteiger partial charge in [0.15, 0.2) is 5.96 Å². The molecule has 6 nitrogen and oxygen atoms in total. The fourth-order valence-corrected chi connectivity index (χ4v) is 3.07. The lowest BCUT2D eigenvalue weighted by Gasteiger charge is -2.16. The summed E-state index contributed by atoms with van der Waals surface area (Å²) in [4.78, 5) is 4.72. The maximum Gasteiger partial charge on any atom is 0.191 e. The molecule has 1 aromatic carbocycles. The van der Waals surface area contributed by atoms with Gasteiger partial charge in [0.25, 0.3) is 0 Å². The molecule has 0 unspecified atom stereocenters. The molecule has 7 heteroatoms. The molecule has 0 radical (unpaired) electrons. The van der Waals surface area contributed by atoms with Gasteiger partial charge in [0.1, 0.15) is 5.75 Å². The molecule has 0 bridgehead atoms. The maximum absolute atomic E-state index is 6.21. The standard InChI is InChI=1S/C21H35N3O3.HI/c1-3-22-21(23-13-8-14-26-16-15-25-2)24-17-18-9-4-7-12-20(18)27-19-10-5-6-11-19;/h4,7,9,12,19H,3,5-6,8,10-11,13-17H2,1-2H3,(H2,22,23,24);1H. The van der Waals surface area contributed by atoms with Gasteiger partial charge in [0.05, 0.1) is 25.9 Å². The van der Waals surface area contributed by atoms with Gasteiger partial charge >= 0.3 is 0 Å². The van der Waals surface area contributed by atoms with Crippen molar-refractivity contribution in [2.75, 3.05) is 40.0 Å². The van der Waals surface area contributed by atoms with Gasteiger partial charge in [-0.1, -0.05) is 18.2 Å². The van der Waals surface area contributed by atoms with Crippen molar-refractivity contribution in [3.8, 4) is 5.75 Å². The summed E-state index contributed by atoms with van der Waals surface area (Å²) in [6.07, 6.45) is 6.15. The highest BCUT2D eigenvalue weighted by Crippen LogP contribution is 2.26. The molecule has 0 atom stereocenters. The Hall–Kier alpha value is -1.06. The zero-order chi connectivity index (χ0) is 19.2. The van der Waals surface area contributed by atoms with E-state index in [2.05, 4.69) is 29.7 Å². The number of nitrogens with zero attached hydrogens (tertiary/aromatic N) is 1. The summed E-state index contributed by atoms with van der Waals surface area (Å²) in [6, 6.07) is 8.23. The molecule has 1 fully saturated rings. The van der Waals surface area contributed by atoms with Gasteiger partial charge in [0.2, 0.25) is 0 Å². The van der Waals surface area contributed by atoms with E-state index in [0.717, 1.165) is 49.6 Å². The van der Waals surface area contributed by atoms with Crippen LogP contribution in [-0.2, 0) is 16.0 Å². The number of ether oxygens (including phenoxy) is 3. The first-order valence-electron chi connectivity index (χ1n) is 10.2. The van der Waals surface area contributed by atoms with Crippen LogP contribution in [0.4, 0.5) is 0 Å². The van der Waals surface area contributed by atoms with E-state index < -0.39 is 0 Å². The van der Waals surface area contributed by atoms with Crippen LogP contribution in [0.3, 0.4) is 0 Å². The number of benzene rings is 1. The quantitative estimate of drug-likeness (QED) is 0.196. The number of rotatable bonds is 12. The number of para-hydroxylation sites is 1. The molecule has 0 aliphatic heterocycles. The van der Waals surface area contributed by atoms with Crippen LogP contribution in [0.2, 0.25) is 0 Å². The van der Waals surface area contributed by atoms with E-state index in [1.54, 1.807) is 7.11 Å². The first-order chi connectivity index (χ1) is 13.3. The van der Waals surface area contributed by atoms with Crippen LogP contribution in [-0.4, -0.2) is 52.1 Å². The molecule has 2 rings (SSSR count). The largest absolute Gasteiger partial charge is 0.490 e. The van der Waals surface area contributed by atoms with E-state index in [1.165, 1.54) is 12.8 Å². The summed E-state index contributed by atoms with van der Waals surface area (Å²) >= 11 is 0. The second-order valence-corrected chi connectivity index (χ2v) is 6.71. The number of halogens is 1. The van der Waals surface area contributed by atoms with Crippen molar-refractivity contribution < 1.29 is 14.2 Å². The van der Waals surface area contributed by atoms with E-state index in [1.807, 2.05) is 12.1 Å². The number of hydrogen-bond donors (Lipinski definition) is 2. The highest BCUT2D eigenvalue weighted by atomic mass is 127. The molecule has 160 valence electrons. The monoisotopic (exact) mass is 505 g/mol. The van der Waals surface area contributed by atoms with Crippen LogP contribution in [0.1, 0.15) is 44.6 Å². The van der Waals surface area contributed by atoms with Gasteiger partial charge in [-0.25, -0.2) is 4.99 Å². The van der Waals surface area contributed by atoms with Crippen molar-refractivity contribution in [1.29, 1.82) is 0 Å². The highest BCUT2D eigenvalue weighted by molar-refractivity contribution is 14.0. The van der Waals surface area contributed by atoms with E-state index in [9.17, 15) is 0 Å². The average molecular weight is 505 g/mol. The van der Waals surface area contributed by atoms with Gasteiger partial charge in [0, 0.05) is 32.4 Å². The third-order valence-electron chi connectivity index (χ3n) is 4.51. The smallest absolute Gasteiger partial charge is 0.191 e. The lowest BCUT2D eigenvalue weighted by atomic mass is 10.2. The number of aliphatic imine (C=N–C) groups is 1. The minimum absolute atomic E-state index is 0. The predicted molar refractivity (Wildman–Crippen MR) is 125 cm³/mol. The third-order valence-corrected chi connectivity index (χ3v) is 4.51. The zero-order valence-electron chi connectivity index (χ0n) is 17.2. The number of nitrogens with one attached hydrogen (secondary N) is 2. The van der Waals surface area contributed by atoms with Crippen LogP contribution in [0.25, 0.3) is 0 Å². The van der Waals surface area contributed by atoms with Gasteiger partial charge in [-0.05, 0) is 45.1 Å². The molecule has 1 saturated carbocycles. The maximum atomic E-state index is 6.21. The summed E-state index contributed by atoms with van der Waals surface area (Å²) in [6.45, 7) is 6.32. The first-order valence-corrected chi connectivity index (χ1v) is 10.2. The molecule has 1 aromatic rings. The normalized spacial score (nSPS) is 14.6. The van der Waals surface area contributed by atoms with Gasteiger partial charge in [-0.15, -0.1) is 24.0 Å². The molecule has 2 N–H and O–H groups in total. The summed E-state index contributed by atoms with van der Waals surface area (Å²) in [5.41, 5.74) is 1.13. The topological polar surface area (TPSA) is 64.1 Å². The number of hydrogen-bond acceptors (Lipinski definition) is 4. The van der Waals surface area contributed by atoms with Crippen LogP contribution in [0.5, 0.6) is 5.75 Å². The van der Waals surface area contributed by atoms with Gasteiger partial charge in [-0.3, -0.25) is 0 Å².